The van der Waals surface area contributed by atoms with E-state index in [1.807, 2.05) is 70.6 Å². The lowest BCUT2D eigenvalue weighted by Crippen LogP contribution is -2.17. The van der Waals surface area contributed by atoms with E-state index in [4.69, 9.17) is 6.57 Å². The average molecular weight is 329 g/mol. The van der Waals surface area contributed by atoms with Gasteiger partial charge in [-0.05, 0) is 44.2 Å². The molecule has 2 aromatic rings. The summed E-state index contributed by atoms with van der Waals surface area (Å²) in [5, 5.41) is 13.4. The molecule has 24 heavy (non-hydrogen) atoms. The van der Waals surface area contributed by atoms with Crippen molar-refractivity contribution < 1.29 is 5.11 Å². The molecule has 1 aromatic carbocycles. The Balaban J connectivity index is 0.00000123. The highest BCUT2D eigenvalue weighted by Gasteiger charge is 2.21. The molecule has 0 aliphatic carbocycles. The first-order valence-electron chi connectivity index (χ1n) is 8.46. The van der Waals surface area contributed by atoms with E-state index in [0.29, 0.717) is 5.82 Å². The SMILES string of the molecule is CC.CC.[C-]#[N+]c1ccc(-c2ccc(NC)c(C(C)(C)O)c2)n1C. The van der Waals surface area contributed by atoms with Crippen LogP contribution in [0.4, 0.5) is 11.5 Å². The second-order valence-corrected chi connectivity index (χ2v) is 5.32. The first-order chi connectivity index (χ1) is 11.4. The van der Waals surface area contributed by atoms with Crippen LogP contribution in [-0.4, -0.2) is 16.7 Å². The lowest BCUT2D eigenvalue weighted by Gasteiger charge is -2.22. The van der Waals surface area contributed by atoms with Crippen molar-refractivity contribution in [3.05, 3.63) is 47.3 Å². The van der Waals surface area contributed by atoms with Gasteiger partial charge in [-0.25, -0.2) is 0 Å². The number of anilines is 1. The van der Waals surface area contributed by atoms with Gasteiger partial charge in [0.2, 0.25) is 5.82 Å². The zero-order valence-electron chi connectivity index (χ0n) is 16.2. The van der Waals surface area contributed by atoms with Crippen LogP contribution in [0.25, 0.3) is 16.1 Å². The van der Waals surface area contributed by atoms with Crippen LogP contribution in [0.3, 0.4) is 0 Å². The van der Waals surface area contributed by atoms with Gasteiger partial charge in [0, 0.05) is 23.9 Å². The molecule has 0 aliphatic heterocycles. The van der Waals surface area contributed by atoms with Crippen LogP contribution in [0.1, 0.15) is 47.1 Å². The van der Waals surface area contributed by atoms with E-state index in [2.05, 4.69) is 10.2 Å². The molecule has 0 saturated heterocycles. The Hall–Kier alpha value is -2.25. The third kappa shape index (κ3) is 4.87. The van der Waals surface area contributed by atoms with Gasteiger partial charge in [0.1, 0.15) is 5.69 Å². The van der Waals surface area contributed by atoms with Gasteiger partial charge >= 0.3 is 0 Å². The summed E-state index contributed by atoms with van der Waals surface area (Å²) in [5.41, 5.74) is 2.76. The van der Waals surface area contributed by atoms with Gasteiger partial charge in [-0.1, -0.05) is 34.3 Å². The molecule has 0 bridgehead atoms. The van der Waals surface area contributed by atoms with Crippen molar-refractivity contribution in [3.63, 3.8) is 0 Å². The van der Waals surface area contributed by atoms with E-state index < -0.39 is 5.60 Å². The molecular weight excluding hydrogens is 298 g/mol. The smallest absolute Gasteiger partial charge is 0.230 e. The Bertz CT molecular complexity index is 673. The lowest BCUT2D eigenvalue weighted by atomic mass is 9.93. The van der Waals surface area contributed by atoms with Crippen LogP contribution >= 0.6 is 0 Å². The highest BCUT2D eigenvalue weighted by Crippen LogP contribution is 2.33. The van der Waals surface area contributed by atoms with Crippen molar-refractivity contribution in [2.24, 2.45) is 7.05 Å². The average Bonchev–Trinajstić information content (AvgIpc) is 2.97. The molecule has 0 saturated carbocycles. The summed E-state index contributed by atoms with van der Waals surface area (Å²) in [6.45, 7) is 18.7. The number of nitrogens with zero attached hydrogens (tertiary/aromatic N) is 2. The summed E-state index contributed by atoms with van der Waals surface area (Å²) in [7, 11) is 3.71. The second-order valence-electron chi connectivity index (χ2n) is 5.32. The second kappa shape index (κ2) is 9.79. The fraction of sp³-hybridized carbons (Fsp3) is 0.450. The fourth-order valence-electron chi connectivity index (χ4n) is 2.33. The molecule has 0 fully saturated rings. The van der Waals surface area contributed by atoms with Crippen molar-refractivity contribution >= 4 is 11.5 Å². The van der Waals surface area contributed by atoms with Crippen LogP contribution in [-0.2, 0) is 12.6 Å². The van der Waals surface area contributed by atoms with Gasteiger partial charge in [-0.2, -0.15) is 0 Å². The minimum atomic E-state index is -0.928. The maximum Gasteiger partial charge on any atom is 0.230 e. The zero-order valence-corrected chi connectivity index (χ0v) is 16.2. The number of benzene rings is 1. The summed E-state index contributed by atoms with van der Waals surface area (Å²) in [6, 6.07) is 9.64. The Morgan fingerprint density at radius 1 is 1.08 bits per heavy atom. The molecule has 1 heterocycles. The quantitative estimate of drug-likeness (QED) is 0.723. The summed E-state index contributed by atoms with van der Waals surface area (Å²) >= 11 is 0. The Morgan fingerprint density at radius 3 is 2.08 bits per heavy atom. The molecule has 0 unspecified atom stereocenters. The Labute approximate surface area is 147 Å². The Kier molecular flexibility index (Phi) is 8.87. The molecular formula is C20H31N3O. The highest BCUT2D eigenvalue weighted by molar-refractivity contribution is 5.69. The van der Waals surface area contributed by atoms with E-state index in [-0.39, 0.29) is 0 Å². The van der Waals surface area contributed by atoms with Crippen LogP contribution in [0.5, 0.6) is 0 Å². The predicted molar refractivity (Wildman–Crippen MR) is 105 cm³/mol. The van der Waals surface area contributed by atoms with Crippen molar-refractivity contribution in [1.82, 2.24) is 4.57 Å². The van der Waals surface area contributed by atoms with Crippen LogP contribution in [0.2, 0.25) is 0 Å². The maximum absolute atomic E-state index is 10.3. The van der Waals surface area contributed by atoms with Gasteiger partial charge in [0.05, 0.1) is 12.6 Å². The van der Waals surface area contributed by atoms with E-state index in [1.165, 1.54) is 0 Å². The van der Waals surface area contributed by atoms with Gasteiger partial charge in [-0.3, -0.25) is 4.57 Å². The molecule has 2 rings (SSSR count). The maximum atomic E-state index is 10.3. The van der Waals surface area contributed by atoms with E-state index in [1.54, 1.807) is 19.9 Å². The molecule has 0 radical (unpaired) electrons. The minimum Gasteiger partial charge on any atom is -0.388 e. The monoisotopic (exact) mass is 329 g/mol. The topological polar surface area (TPSA) is 41.6 Å². The van der Waals surface area contributed by atoms with Gasteiger partial charge in [0.15, 0.2) is 0 Å². The largest absolute Gasteiger partial charge is 0.388 e. The number of rotatable bonds is 3. The normalized spacial score (nSPS) is 9.83. The summed E-state index contributed by atoms with van der Waals surface area (Å²) < 4.78 is 1.86. The summed E-state index contributed by atoms with van der Waals surface area (Å²) in [4.78, 5) is 3.47. The van der Waals surface area contributed by atoms with Gasteiger partial charge in [0.25, 0.3) is 0 Å². The number of aliphatic hydroxyl groups is 1. The van der Waals surface area contributed by atoms with E-state index in [0.717, 1.165) is 22.5 Å². The molecule has 4 heteroatoms. The molecule has 132 valence electrons. The summed E-state index contributed by atoms with van der Waals surface area (Å²) in [5.74, 6) is 0.600. The first-order valence-corrected chi connectivity index (χ1v) is 8.46. The van der Waals surface area contributed by atoms with E-state index >= 15 is 0 Å². The minimum absolute atomic E-state index is 0.600. The number of aromatic nitrogens is 1. The molecule has 4 nitrogen and oxygen atoms in total. The standard InChI is InChI=1S/C16H19N3O.2C2H6/c1-16(2,20)12-10-11(6-7-13(12)17-3)14-8-9-15(18-4)19(14)5;2*1-2/h6-10,17,20H,1-3,5H3;2*1-2H3. The fourth-order valence-corrected chi connectivity index (χ4v) is 2.33. The first kappa shape index (κ1) is 21.8. The summed E-state index contributed by atoms with van der Waals surface area (Å²) in [6.07, 6.45) is 0. The van der Waals surface area contributed by atoms with Crippen LogP contribution in [0.15, 0.2) is 30.3 Å². The number of nitrogens with one attached hydrogen (secondary N) is 1. The number of hydrogen-bond donors (Lipinski definition) is 2. The van der Waals surface area contributed by atoms with Crippen molar-refractivity contribution in [2.75, 3.05) is 12.4 Å². The molecule has 2 N–H and O–H groups in total. The van der Waals surface area contributed by atoms with Crippen molar-refractivity contribution in [3.8, 4) is 11.3 Å². The third-order valence-corrected chi connectivity index (χ3v) is 3.45. The van der Waals surface area contributed by atoms with Gasteiger partial charge < -0.3 is 15.3 Å². The van der Waals surface area contributed by atoms with Crippen LogP contribution in [0, 0.1) is 6.57 Å². The molecule has 0 aliphatic rings. The predicted octanol–water partition coefficient (Wildman–Crippen LogP) is 5.56. The van der Waals surface area contributed by atoms with Gasteiger partial charge in [-0.15, -0.1) is 0 Å². The molecule has 0 atom stereocenters. The zero-order chi connectivity index (χ0) is 18.9. The van der Waals surface area contributed by atoms with Crippen molar-refractivity contribution in [2.45, 2.75) is 47.1 Å². The molecule has 0 spiro atoms. The molecule has 1 aromatic heterocycles. The van der Waals surface area contributed by atoms with Crippen molar-refractivity contribution in [1.29, 1.82) is 0 Å². The van der Waals surface area contributed by atoms with E-state index in [9.17, 15) is 5.11 Å². The lowest BCUT2D eigenvalue weighted by molar-refractivity contribution is 0.0794. The highest BCUT2D eigenvalue weighted by atomic mass is 16.3. The van der Waals surface area contributed by atoms with Crippen LogP contribution < -0.4 is 5.32 Å². The third-order valence-electron chi connectivity index (χ3n) is 3.45. The molecule has 0 amide bonds. The number of hydrogen-bond acceptors (Lipinski definition) is 2. The Morgan fingerprint density at radius 2 is 1.67 bits per heavy atom.